The van der Waals surface area contributed by atoms with E-state index in [2.05, 4.69) is 10.3 Å². The fraction of sp³-hybridized carbons (Fsp3) is 0.118. The molecule has 0 atom stereocenters. The van der Waals surface area contributed by atoms with Crippen LogP contribution in [-0.2, 0) is 0 Å². The van der Waals surface area contributed by atoms with Crippen molar-refractivity contribution in [3.05, 3.63) is 54.2 Å². The van der Waals surface area contributed by atoms with E-state index in [1.54, 1.807) is 31.5 Å². The molecule has 1 heterocycles. The van der Waals surface area contributed by atoms with Gasteiger partial charge in [-0.25, -0.2) is 8.78 Å². The molecule has 0 bridgehead atoms. The quantitative estimate of drug-likeness (QED) is 0.780. The molecule has 0 saturated carbocycles. The molecule has 2 aromatic carbocycles. The first-order valence-electron chi connectivity index (χ1n) is 6.84. The second kappa shape index (κ2) is 6.08. The molecule has 3 rings (SSSR count). The lowest BCUT2D eigenvalue weighted by Crippen LogP contribution is -1.96. The average molecular weight is 316 g/mol. The maximum absolute atomic E-state index is 13.3. The fourth-order valence-corrected chi connectivity index (χ4v) is 2.36. The third-order valence-electron chi connectivity index (χ3n) is 3.39. The standard InChI is InChI=1S/C17H14F2N2O2/c1-22-16-8-13-14(3-4-20-15(13)9-17(16)23-2)21-12-6-10(18)5-11(19)7-12/h3-9H,1-2H3,(H,20,21). The monoisotopic (exact) mass is 316 g/mol. The van der Waals surface area contributed by atoms with Crippen LogP contribution >= 0.6 is 0 Å². The van der Waals surface area contributed by atoms with Crippen molar-refractivity contribution in [2.24, 2.45) is 0 Å². The molecule has 0 amide bonds. The molecule has 1 aromatic heterocycles. The van der Waals surface area contributed by atoms with Gasteiger partial charge in [0.05, 0.1) is 19.7 Å². The Balaban J connectivity index is 2.10. The van der Waals surface area contributed by atoms with E-state index in [9.17, 15) is 8.78 Å². The zero-order valence-electron chi connectivity index (χ0n) is 12.6. The van der Waals surface area contributed by atoms with Gasteiger partial charge in [-0.1, -0.05) is 0 Å². The van der Waals surface area contributed by atoms with Gasteiger partial charge in [-0.05, 0) is 24.3 Å². The summed E-state index contributed by atoms with van der Waals surface area (Å²) in [7, 11) is 3.08. The number of halogens is 2. The second-order valence-corrected chi connectivity index (χ2v) is 4.87. The van der Waals surface area contributed by atoms with Crippen LogP contribution in [0.4, 0.5) is 20.2 Å². The zero-order chi connectivity index (χ0) is 16.4. The molecule has 0 fully saturated rings. The summed E-state index contributed by atoms with van der Waals surface area (Å²) in [6.07, 6.45) is 1.60. The van der Waals surface area contributed by atoms with E-state index >= 15 is 0 Å². The molecule has 4 nitrogen and oxygen atoms in total. The number of aromatic nitrogens is 1. The molecule has 3 aromatic rings. The van der Waals surface area contributed by atoms with Crippen LogP contribution in [0.1, 0.15) is 0 Å². The molecule has 0 spiro atoms. The van der Waals surface area contributed by atoms with Gasteiger partial charge in [0.15, 0.2) is 11.5 Å². The Morgan fingerprint density at radius 1 is 0.913 bits per heavy atom. The number of nitrogens with zero attached hydrogens (tertiary/aromatic N) is 1. The number of ether oxygens (including phenoxy) is 2. The summed E-state index contributed by atoms with van der Waals surface area (Å²) in [5, 5.41) is 3.75. The van der Waals surface area contributed by atoms with Crippen LogP contribution < -0.4 is 14.8 Å². The Morgan fingerprint density at radius 3 is 2.22 bits per heavy atom. The Bertz CT molecular complexity index is 848. The normalized spacial score (nSPS) is 10.6. The molecule has 0 aliphatic heterocycles. The van der Waals surface area contributed by atoms with Gasteiger partial charge < -0.3 is 14.8 Å². The van der Waals surface area contributed by atoms with E-state index in [-0.39, 0.29) is 0 Å². The summed E-state index contributed by atoms with van der Waals surface area (Å²) >= 11 is 0. The van der Waals surface area contributed by atoms with Crippen LogP contribution in [-0.4, -0.2) is 19.2 Å². The number of methoxy groups -OCH3 is 2. The van der Waals surface area contributed by atoms with E-state index < -0.39 is 11.6 Å². The number of nitrogens with one attached hydrogen (secondary N) is 1. The van der Waals surface area contributed by atoms with E-state index in [0.717, 1.165) is 11.5 Å². The van der Waals surface area contributed by atoms with E-state index in [4.69, 9.17) is 9.47 Å². The minimum absolute atomic E-state index is 0.310. The maximum atomic E-state index is 13.3. The summed E-state index contributed by atoms with van der Waals surface area (Å²) in [6, 6.07) is 8.48. The molecule has 118 valence electrons. The Morgan fingerprint density at radius 2 is 1.57 bits per heavy atom. The molecular formula is C17H14F2N2O2. The fourth-order valence-electron chi connectivity index (χ4n) is 2.36. The van der Waals surface area contributed by atoms with E-state index in [0.29, 0.717) is 28.4 Å². The van der Waals surface area contributed by atoms with Crippen LogP contribution in [0.2, 0.25) is 0 Å². The van der Waals surface area contributed by atoms with Crippen LogP contribution in [0.15, 0.2) is 42.6 Å². The van der Waals surface area contributed by atoms with E-state index in [1.165, 1.54) is 19.2 Å². The number of fused-ring (bicyclic) bond motifs is 1. The van der Waals surface area contributed by atoms with Gasteiger partial charge in [-0.15, -0.1) is 0 Å². The first-order chi connectivity index (χ1) is 11.1. The van der Waals surface area contributed by atoms with Gasteiger partial charge in [0.25, 0.3) is 0 Å². The summed E-state index contributed by atoms with van der Waals surface area (Å²) in [4.78, 5) is 4.28. The molecule has 0 saturated heterocycles. The van der Waals surface area contributed by atoms with Crippen molar-refractivity contribution < 1.29 is 18.3 Å². The van der Waals surface area contributed by atoms with Gasteiger partial charge in [0, 0.05) is 35.1 Å². The lowest BCUT2D eigenvalue weighted by atomic mass is 10.1. The van der Waals surface area contributed by atoms with Gasteiger partial charge in [0.1, 0.15) is 11.6 Å². The zero-order valence-corrected chi connectivity index (χ0v) is 12.6. The lowest BCUT2D eigenvalue weighted by molar-refractivity contribution is 0.356. The maximum Gasteiger partial charge on any atom is 0.162 e. The topological polar surface area (TPSA) is 43.4 Å². The summed E-state index contributed by atoms with van der Waals surface area (Å²) in [5.41, 5.74) is 1.63. The van der Waals surface area contributed by atoms with Crippen LogP contribution in [0.25, 0.3) is 10.9 Å². The molecule has 0 unspecified atom stereocenters. The summed E-state index contributed by atoms with van der Waals surface area (Å²) in [5.74, 6) is -0.196. The predicted molar refractivity (Wildman–Crippen MR) is 84.5 cm³/mol. The highest BCUT2D eigenvalue weighted by Crippen LogP contribution is 2.35. The molecule has 6 heteroatoms. The smallest absolute Gasteiger partial charge is 0.162 e. The van der Waals surface area contributed by atoms with Crippen molar-refractivity contribution in [2.75, 3.05) is 19.5 Å². The molecule has 0 radical (unpaired) electrons. The number of pyridine rings is 1. The third kappa shape index (κ3) is 3.01. The van der Waals surface area contributed by atoms with Gasteiger partial charge in [-0.2, -0.15) is 0 Å². The van der Waals surface area contributed by atoms with Crippen LogP contribution in [0.5, 0.6) is 11.5 Å². The highest BCUT2D eigenvalue weighted by Gasteiger charge is 2.10. The van der Waals surface area contributed by atoms with Crippen molar-refractivity contribution in [3.63, 3.8) is 0 Å². The van der Waals surface area contributed by atoms with Crippen molar-refractivity contribution in [3.8, 4) is 11.5 Å². The van der Waals surface area contributed by atoms with Gasteiger partial charge >= 0.3 is 0 Å². The summed E-state index contributed by atoms with van der Waals surface area (Å²) in [6.45, 7) is 0. The Labute approximate surface area is 131 Å². The largest absolute Gasteiger partial charge is 0.493 e. The first kappa shape index (κ1) is 15.0. The Hall–Kier alpha value is -2.89. The predicted octanol–water partition coefficient (Wildman–Crippen LogP) is 4.27. The molecule has 0 aliphatic carbocycles. The molecule has 23 heavy (non-hydrogen) atoms. The van der Waals surface area contributed by atoms with Crippen LogP contribution in [0, 0.1) is 11.6 Å². The van der Waals surface area contributed by atoms with Crippen molar-refractivity contribution in [1.29, 1.82) is 0 Å². The molecule has 0 aliphatic rings. The minimum Gasteiger partial charge on any atom is -0.493 e. The number of anilines is 2. The third-order valence-corrected chi connectivity index (χ3v) is 3.39. The summed E-state index contributed by atoms with van der Waals surface area (Å²) < 4.78 is 37.2. The number of hydrogen-bond acceptors (Lipinski definition) is 4. The SMILES string of the molecule is COc1cc2nccc(Nc3cc(F)cc(F)c3)c2cc1OC. The van der Waals surface area contributed by atoms with E-state index in [1.807, 2.05) is 0 Å². The van der Waals surface area contributed by atoms with Gasteiger partial charge in [-0.3, -0.25) is 4.98 Å². The van der Waals surface area contributed by atoms with Crippen molar-refractivity contribution in [1.82, 2.24) is 4.98 Å². The van der Waals surface area contributed by atoms with Gasteiger partial charge in [0.2, 0.25) is 0 Å². The van der Waals surface area contributed by atoms with Crippen molar-refractivity contribution >= 4 is 22.3 Å². The highest BCUT2D eigenvalue weighted by atomic mass is 19.1. The first-order valence-corrected chi connectivity index (χ1v) is 6.84. The van der Waals surface area contributed by atoms with Crippen molar-refractivity contribution in [2.45, 2.75) is 0 Å². The Kier molecular flexibility index (Phi) is 3.97. The number of benzene rings is 2. The van der Waals surface area contributed by atoms with Crippen LogP contribution in [0.3, 0.4) is 0 Å². The number of rotatable bonds is 4. The molecule has 1 N–H and O–H groups in total. The number of hydrogen-bond donors (Lipinski definition) is 1. The minimum atomic E-state index is -0.648. The second-order valence-electron chi connectivity index (χ2n) is 4.87. The highest BCUT2D eigenvalue weighted by molar-refractivity contribution is 5.95. The average Bonchev–Trinajstić information content (AvgIpc) is 2.53. The molecular weight excluding hydrogens is 302 g/mol. The lowest BCUT2D eigenvalue weighted by Gasteiger charge is -2.13.